The number of halogens is 2. The van der Waals surface area contributed by atoms with E-state index in [1.165, 1.54) is 28.6 Å². The van der Waals surface area contributed by atoms with Gasteiger partial charge >= 0.3 is 0 Å². The SMILES string of the molecule is N#CC1=C(N)OC2=C(C1c1ccc(Cl)cc1)S(=O)(=O)N(Cc1ccc(F)cc1)c1ccccc12. The summed E-state index contributed by atoms with van der Waals surface area (Å²) in [5, 5.41) is 10.3. The van der Waals surface area contributed by atoms with Gasteiger partial charge in [-0.2, -0.15) is 5.26 Å². The molecule has 2 aliphatic heterocycles. The molecular weight excluding hydrogens is 477 g/mol. The molecule has 2 aliphatic rings. The second-order valence-corrected chi connectivity index (χ2v) is 10.1. The van der Waals surface area contributed by atoms with E-state index in [4.69, 9.17) is 22.1 Å². The van der Waals surface area contributed by atoms with Crippen LogP contribution in [0.5, 0.6) is 0 Å². The Hall–Kier alpha value is -3.80. The first-order valence-corrected chi connectivity index (χ1v) is 12.1. The van der Waals surface area contributed by atoms with E-state index in [-0.39, 0.29) is 28.7 Å². The largest absolute Gasteiger partial charge is 0.439 e. The van der Waals surface area contributed by atoms with Crippen LogP contribution in [0.15, 0.2) is 89.2 Å². The molecule has 34 heavy (non-hydrogen) atoms. The highest BCUT2D eigenvalue weighted by atomic mass is 35.5. The summed E-state index contributed by atoms with van der Waals surface area (Å²) in [6.07, 6.45) is 0. The van der Waals surface area contributed by atoms with E-state index in [1.54, 1.807) is 48.5 Å². The average Bonchev–Trinajstić information content (AvgIpc) is 2.82. The summed E-state index contributed by atoms with van der Waals surface area (Å²) in [5.74, 6) is -1.47. The van der Waals surface area contributed by atoms with Gasteiger partial charge in [-0.15, -0.1) is 0 Å². The van der Waals surface area contributed by atoms with Gasteiger partial charge in [0.1, 0.15) is 22.4 Å². The van der Waals surface area contributed by atoms with Crippen LogP contribution in [0.25, 0.3) is 5.76 Å². The number of benzene rings is 3. The van der Waals surface area contributed by atoms with Crippen LogP contribution >= 0.6 is 11.6 Å². The highest BCUT2D eigenvalue weighted by Gasteiger charge is 2.47. The number of hydrogen-bond acceptors (Lipinski definition) is 5. The van der Waals surface area contributed by atoms with Crippen molar-refractivity contribution in [2.75, 3.05) is 4.31 Å². The van der Waals surface area contributed by atoms with Gasteiger partial charge in [-0.25, -0.2) is 12.8 Å². The molecule has 0 saturated carbocycles. The molecule has 0 bridgehead atoms. The minimum atomic E-state index is -4.20. The Morgan fingerprint density at radius 2 is 1.74 bits per heavy atom. The van der Waals surface area contributed by atoms with Crippen LogP contribution in [0.2, 0.25) is 5.02 Å². The lowest BCUT2D eigenvalue weighted by Crippen LogP contribution is -2.39. The number of rotatable bonds is 3. The quantitative estimate of drug-likeness (QED) is 0.553. The third-order valence-corrected chi connectivity index (χ3v) is 7.94. The number of para-hydroxylation sites is 1. The average molecular weight is 494 g/mol. The predicted octanol–water partition coefficient (Wildman–Crippen LogP) is 5.01. The molecule has 5 rings (SSSR count). The first kappa shape index (κ1) is 22.0. The smallest absolute Gasteiger partial charge is 0.265 e. The zero-order valence-corrected chi connectivity index (χ0v) is 19.1. The Labute approximate surface area is 201 Å². The molecule has 0 fully saturated rings. The molecule has 3 aromatic carbocycles. The van der Waals surface area contributed by atoms with Crippen molar-refractivity contribution in [3.05, 3.63) is 117 Å². The summed E-state index contributed by atoms with van der Waals surface area (Å²) in [6.45, 7) is -0.0369. The first-order chi connectivity index (χ1) is 16.3. The molecule has 3 aromatic rings. The van der Waals surface area contributed by atoms with Gasteiger partial charge in [0.2, 0.25) is 5.88 Å². The molecule has 0 saturated heterocycles. The molecule has 2 N–H and O–H groups in total. The summed E-state index contributed by atoms with van der Waals surface area (Å²) >= 11 is 6.04. The zero-order valence-electron chi connectivity index (χ0n) is 17.6. The maximum Gasteiger partial charge on any atom is 0.265 e. The van der Waals surface area contributed by atoms with Gasteiger partial charge in [-0.1, -0.05) is 48.0 Å². The van der Waals surface area contributed by atoms with Crippen molar-refractivity contribution in [3.63, 3.8) is 0 Å². The molecule has 6 nitrogen and oxygen atoms in total. The van der Waals surface area contributed by atoms with Gasteiger partial charge in [0.15, 0.2) is 5.76 Å². The summed E-state index contributed by atoms with van der Waals surface area (Å²) < 4.78 is 48.7. The van der Waals surface area contributed by atoms with Crippen molar-refractivity contribution in [2.45, 2.75) is 12.5 Å². The number of allylic oxidation sites excluding steroid dienone is 2. The predicted molar refractivity (Wildman–Crippen MR) is 127 cm³/mol. The Bertz CT molecular complexity index is 1510. The lowest BCUT2D eigenvalue weighted by molar-refractivity contribution is 0.357. The third kappa shape index (κ3) is 3.50. The lowest BCUT2D eigenvalue weighted by atomic mass is 9.88. The van der Waals surface area contributed by atoms with Crippen molar-refractivity contribution < 1.29 is 17.5 Å². The number of ether oxygens (including phenoxy) is 1. The van der Waals surface area contributed by atoms with E-state index in [1.807, 2.05) is 6.07 Å². The fourth-order valence-electron chi connectivity index (χ4n) is 4.22. The Balaban J connectivity index is 1.75. The molecule has 1 unspecified atom stereocenters. The van der Waals surface area contributed by atoms with Gasteiger partial charge in [0.05, 0.1) is 18.2 Å². The molecular formula is C25H17ClFN3O3S. The highest BCUT2D eigenvalue weighted by Crippen LogP contribution is 2.51. The number of nitrogens with zero attached hydrogens (tertiary/aromatic N) is 2. The van der Waals surface area contributed by atoms with Gasteiger partial charge in [0.25, 0.3) is 10.0 Å². The summed E-state index contributed by atoms with van der Waals surface area (Å²) in [4.78, 5) is -0.0821. The molecule has 0 aromatic heterocycles. The van der Waals surface area contributed by atoms with Crippen LogP contribution in [0, 0.1) is 17.1 Å². The Kier molecular flexibility index (Phi) is 5.31. The van der Waals surface area contributed by atoms with E-state index >= 15 is 0 Å². The Morgan fingerprint density at radius 1 is 1.06 bits per heavy atom. The Morgan fingerprint density at radius 3 is 2.41 bits per heavy atom. The van der Waals surface area contributed by atoms with Crippen molar-refractivity contribution in [1.29, 1.82) is 5.26 Å². The second kappa shape index (κ2) is 8.20. The maximum absolute atomic E-state index is 14.1. The lowest BCUT2D eigenvalue weighted by Gasteiger charge is -2.38. The number of nitriles is 1. The van der Waals surface area contributed by atoms with Gasteiger partial charge < -0.3 is 10.5 Å². The molecule has 0 radical (unpaired) electrons. The maximum atomic E-state index is 14.1. The van der Waals surface area contributed by atoms with Crippen LogP contribution in [-0.2, 0) is 21.3 Å². The van der Waals surface area contributed by atoms with Crippen molar-refractivity contribution in [1.82, 2.24) is 0 Å². The molecule has 0 aliphatic carbocycles. The molecule has 2 heterocycles. The molecule has 1 atom stereocenters. The van der Waals surface area contributed by atoms with Gasteiger partial charge in [-0.3, -0.25) is 4.31 Å². The normalized spacial score (nSPS) is 18.6. The van der Waals surface area contributed by atoms with Crippen molar-refractivity contribution in [2.24, 2.45) is 5.73 Å². The standard InChI is InChI=1S/C25H17ClFN3O3S/c26-17-9-7-16(8-10-17)22-20(13-28)25(29)33-23-19-3-1-2-4-21(19)30(34(31,32)24(22)23)14-15-5-11-18(27)12-6-15/h1-12,22H,14,29H2. The third-order valence-electron chi connectivity index (χ3n) is 5.80. The van der Waals surface area contributed by atoms with Crippen LogP contribution in [0.1, 0.15) is 22.6 Å². The van der Waals surface area contributed by atoms with Crippen molar-refractivity contribution >= 4 is 33.1 Å². The van der Waals surface area contributed by atoms with Gasteiger partial charge in [-0.05, 0) is 47.5 Å². The number of hydrogen-bond donors (Lipinski definition) is 1. The first-order valence-electron chi connectivity index (χ1n) is 10.2. The minimum absolute atomic E-state index is 0.00855. The minimum Gasteiger partial charge on any atom is -0.439 e. The monoisotopic (exact) mass is 493 g/mol. The van der Waals surface area contributed by atoms with Crippen LogP contribution in [0.4, 0.5) is 10.1 Å². The van der Waals surface area contributed by atoms with E-state index < -0.39 is 21.8 Å². The zero-order chi connectivity index (χ0) is 24.0. The second-order valence-electron chi connectivity index (χ2n) is 7.83. The van der Waals surface area contributed by atoms with Crippen LogP contribution < -0.4 is 10.0 Å². The van der Waals surface area contributed by atoms with Crippen molar-refractivity contribution in [3.8, 4) is 6.07 Å². The molecule has 170 valence electrons. The number of fused-ring (bicyclic) bond motifs is 2. The highest BCUT2D eigenvalue weighted by molar-refractivity contribution is 7.96. The van der Waals surface area contributed by atoms with Crippen LogP contribution in [0.3, 0.4) is 0 Å². The topological polar surface area (TPSA) is 96.4 Å². The summed E-state index contributed by atoms with van der Waals surface area (Å²) in [7, 11) is -4.20. The van der Waals surface area contributed by atoms with E-state index in [2.05, 4.69) is 0 Å². The fraction of sp³-hybridized carbons (Fsp3) is 0.0800. The molecule has 9 heteroatoms. The van der Waals surface area contributed by atoms with Gasteiger partial charge in [0, 0.05) is 10.6 Å². The summed E-state index contributed by atoms with van der Waals surface area (Å²) in [5.41, 5.74) is 8.14. The van der Waals surface area contributed by atoms with E-state index in [9.17, 15) is 18.1 Å². The number of nitrogens with two attached hydrogens (primary N) is 1. The molecule has 0 amide bonds. The summed E-state index contributed by atoms with van der Waals surface area (Å²) in [6, 6.07) is 21.1. The molecule has 0 spiro atoms. The van der Waals surface area contributed by atoms with Crippen LogP contribution in [-0.4, -0.2) is 8.42 Å². The number of sulfonamides is 1. The fourth-order valence-corrected chi connectivity index (χ4v) is 6.26. The van der Waals surface area contributed by atoms with E-state index in [0.29, 0.717) is 27.4 Å². The number of anilines is 1. The van der Waals surface area contributed by atoms with E-state index in [0.717, 1.165) is 0 Å².